The quantitative estimate of drug-likeness (QED) is 0.661. The van der Waals surface area contributed by atoms with Crippen molar-refractivity contribution >= 4 is 21.2 Å². The Morgan fingerprint density at radius 2 is 1.70 bits per heavy atom. The molecular weight excluding hydrogens is 417 g/mol. The molecule has 158 valence electrons. The third kappa shape index (κ3) is 5.26. The van der Waals surface area contributed by atoms with Gasteiger partial charge in [-0.15, -0.1) is 0 Å². The number of halogens is 3. The van der Waals surface area contributed by atoms with Crippen molar-refractivity contribution in [3.8, 4) is 0 Å². The van der Waals surface area contributed by atoms with Gasteiger partial charge in [-0.2, -0.15) is 23.4 Å². The fraction of sp³-hybridized carbons (Fsp3) is 0.200. The third-order valence-corrected chi connectivity index (χ3v) is 5.49. The van der Waals surface area contributed by atoms with Gasteiger partial charge >= 0.3 is 6.18 Å². The largest absolute Gasteiger partial charge is 0.431 e. The first-order chi connectivity index (χ1) is 14.2. The molecule has 0 bridgehead atoms. The van der Waals surface area contributed by atoms with Crippen molar-refractivity contribution in [3.05, 3.63) is 78.6 Å². The van der Waals surface area contributed by atoms with Gasteiger partial charge in [0.25, 0.3) is 0 Å². The number of aromatic nitrogens is 2. The minimum atomic E-state index is -4.51. The molecule has 30 heavy (non-hydrogen) atoms. The summed E-state index contributed by atoms with van der Waals surface area (Å²) in [4.78, 5) is 0.103. The minimum absolute atomic E-state index is 0.103. The van der Waals surface area contributed by atoms with Crippen molar-refractivity contribution in [3.63, 3.8) is 0 Å². The minimum Gasteiger partial charge on any atom is -0.286 e. The second kappa shape index (κ2) is 8.70. The number of benzene rings is 2. The Labute approximate surface area is 172 Å². The number of hydrazone groups is 1. The topological polar surface area (TPSA) is 78.4 Å². The molecule has 2 aromatic carbocycles. The average Bonchev–Trinajstić information content (AvgIpc) is 3.41. The Morgan fingerprint density at radius 1 is 1.03 bits per heavy atom. The van der Waals surface area contributed by atoms with Gasteiger partial charge in [0.2, 0.25) is 0 Å². The molecule has 0 radical (unpaired) electrons. The molecule has 0 aliphatic carbocycles. The number of hydrogen-bond donors (Lipinski definition) is 1. The van der Waals surface area contributed by atoms with E-state index in [1.54, 1.807) is 42.7 Å². The lowest BCUT2D eigenvalue weighted by atomic mass is 10.0. The van der Waals surface area contributed by atoms with Crippen LogP contribution in [-0.2, 0) is 9.84 Å². The van der Waals surface area contributed by atoms with E-state index in [4.69, 9.17) is 0 Å². The van der Waals surface area contributed by atoms with Crippen LogP contribution in [0.25, 0.3) is 0 Å². The normalized spacial score (nSPS) is 16.6. The van der Waals surface area contributed by atoms with Crippen LogP contribution in [0.5, 0.6) is 0 Å². The zero-order chi connectivity index (χ0) is 21.8. The zero-order valence-corrected chi connectivity index (χ0v) is 16.7. The monoisotopic (exact) mass is 436 g/mol. The Morgan fingerprint density at radius 3 is 2.17 bits per heavy atom. The van der Waals surface area contributed by atoms with Crippen LogP contribution in [0.3, 0.4) is 0 Å². The van der Waals surface area contributed by atoms with Crippen molar-refractivity contribution in [2.75, 3.05) is 11.3 Å². The maximum atomic E-state index is 13.1. The maximum Gasteiger partial charge on any atom is 0.431 e. The van der Waals surface area contributed by atoms with Crippen LogP contribution in [0, 0.1) is 0 Å². The first-order valence-electron chi connectivity index (χ1n) is 8.89. The SMILES string of the molecule is CS(=O)(=O)c1ccc(N2N=C(C(F)(F)F)CC2c2ccccc2)cc1.c1cn[nH]c1. The smallest absolute Gasteiger partial charge is 0.286 e. The summed E-state index contributed by atoms with van der Waals surface area (Å²) >= 11 is 0. The number of alkyl halides is 3. The summed E-state index contributed by atoms with van der Waals surface area (Å²) in [6, 6.07) is 15.7. The fourth-order valence-electron chi connectivity index (χ4n) is 2.92. The second-order valence-electron chi connectivity index (χ2n) is 6.55. The highest BCUT2D eigenvalue weighted by Crippen LogP contribution is 2.39. The molecule has 0 saturated heterocycles. The second-order valence-corrected chi connectivity index (χ2v) is 8.57. The molecule has 4 rings (SSSR count). The predicted octanol–water partition coefficient (Wildman–Crippen LogP) is 4.37. The Hall–Kier alpha value is -3.14. The summed E-state index contributed by atoms with van der Waals surface area (Å²) in [5, 5.41) is 11.3. The highest BCUT2D eigenvalue weighted by Gasteiger charge is 2.43. The van der Waals surface area contributed by atoms with Crippen LogP contribution in [0.15, 0.2) is 83.1 Å². The van der Waals surface area contributed by atoms with Crippen LogP contribution < -0.4 is 5.01 Å². The molecule has 1 N–H and O–H groups in total. The number of anilines is 1. The molecule has 1 aromatic heterocycles. The van der Waals surface area contributed by atoms with Gasteiger partial charge < -0.3 is 0 Å². The summed E-state index contributed by atoms with van der Waals surface area (Å²) in [6.45, 7) is 0. The molecule has 6 nitrogen and oxygen atoms in total. The summed E-state index contributed by atoms with van der Waals surface area (Å²) in [7, 11) is -3.38. The van der Waals surface area contributed by atoms with Crippen LogP contribution in [0.4, 0.5) is 18.9 Å². The van der Waals surface area contributed by atoms with E-state index < -0.39 is 27.8 Å². The van der Waals surface area contributed by atoms with Crippen molar-refractivity contribution in [1.82, 2.24) is 10.2 Å². The van der Waals surface area contributed by atoms with Crippen molar-refractivity contribution in [2.24, 2.45) is 5.10 Å². The molecule has 1 aliphatic heterocycles. The first-order valence-corrected chi connectivity index (χ1v) is 10.8. The van der Waals surface area contributed by atoms with Crippen LogP contribution in [0.2, 0.25) is 0 Å². The van der Waals surface area contributed by atoms with Crippen molar-refractivity contribution in [2.45, 2.75) is 23.5 Å². The zero-order valence-electron chi connectivity index (χ0n) is 15.9. The van der Waals surface area contributed by atoms with Gasteiger partial charge in [0.05, 0.1) is 16.6 Å². The van der Waals surface area contributed by atoms with Gasteiger partial charge in [-0.1, -0.05) is 30.3 Å². The van der Waals surface area contributed by atoms with Gasteiger partial charge in [0.15, 0.2) is 9.84 Å². The van der Waals surface area contributed by atoms with E-state index in [1.807, 2.05) is 6.07 Å². The Bertz CT molecular complexity index is 1060. The number of aromatic amines is 1. The molecule has 0 amide bonds. The van der Waals surface area contributed by atoms with E-state index in [1.165, 1.54) is 29.3 Å². The van der Waals surface area contributed by atoms with E-state index >= 15 is 0 Å². The van der Waals surface area contributed by atoms with Gasteiger partial charge in [0.1, 0.15) is 5.71 Å². The van der Waals surface area contributed by atoms with E-state index in [0.29, 0.717) is 11.3 Å². The van der Waals surface area contributed by atoms with Gasteiger partial charge in [-0.25, -0.2) is 8.42 Å². The molecule has 0 saturated carbocycles. The van der Waals surface area contributed by atoms with E-state index in [9.17, 15) is 21.6 Å². The fourth-order valence-corrected chi connectivity index (χ4v) is 3.55. The van der Waals surface area contributed by atoms with E-state index in [2.05, 4.69) is 15.3 Å². The number of sulfone groups is 1. The molecule has 2 heterocycles. The molecule has 10 heteroatoms. The van der Waals surface area contributed by atoms with Crippen LogP contribution in [0.1, 0.15) is 18.0 Å². The van der Waals surface area contributed by atoms with E-state index in [-0.39, 0.29) is 11.3 Å². The molecule has 1 aliphatic rings. The van der Waals surface area contributed by atoms with Crippen LogP contribution >= 0.6 is 0 Å². The lowest BCUT2D eigenvalue weighted by Crippen LogP contribution is -2.21. The Kier molecular flexibility index (Phi) is 6.25. The van der Waals surface area contributed by atoms with Crippen molar-refractivity contribution < 1.29 is 21.6 Å². The Balaban J connectivity index is 0.000000448. The van der Waals surface area contributed by atoms with Gasteiger partial charge in [-0.05, 0) is 35.9 Å². The summed E-state index contributed by atoms with van der Waals surface area (Å²) in [6.07, 6.45) is -0.236. The molecular formula is C20H19F3N4O2S. The van der Waals surface area contributed by atoms with Gasteiger partial charge in [0, 0.05) is 25.1 Å². The molecule has 0 fully saturated rings. The number of H-pyrrole nitrogens is 1. The molecule has 1 atom stereocenters. The van der Waals surface area contributed by atoms with Crippen molar-refractivity contribution in [1.29, 1.82) is 0 Å². The number of hydrogen-bond acceptors (Lipinski definition) is 5. The summed E-state index contributed by atoms with van der Waals surface area (Å²) < 4.78 is 62.5. The predicted molar refractivity (Wildman–Crippen MR) is 108 cm³/mol. The number of nitrogens with one attached hydrogen (secondary N) is 1. The maximum absolute atomic E-state index is 13.1. The lowest BCUT2D eigenvalue weighted by Gasteiger charge is -2.24. The average molecular weight is 436 g/mol. The lowest BCUT2D eigenvalue weighted by molar-refractivity contribution is -0.0600. The third-order valence-electron chi connectivity index (χ3n) is 4.36. The van der Waals surface area contributed by atoms with Gasteiger partial charge in [-0.3, -0.25) is 10.1 Å². The standard InChI is InChI=1S/C17H15F3N2O2S.C3H4N2/c1-25(23,24)14-9-7-13(8-10-14)22-15(12-5-3-2-4-6-12)11-16(21-22)17(18,19)20;1-2-4-5-3-1/h2-10,15H,11H2,1H3;1-3H,(H,4,5). The number of rotatable bonds is 3. The van der Waals surface area contributed by atoms with Crippen LogP contribution in [-0.4, -0.2) is 36.8 Å². The number of nitrogens with zero attached hydrogens (tertiary/aromatic N) is 3. The van der Waals surface area contributed by atoms with E-state index in [0.717, 1.165) is 6.26 Å². The molecule has 3 aromatic rings. The highest BCUT2D eigenvalue weighted by atomic mass is 32.2. The summed E-state index contributed by atoms with van der Waals surface area (Å²) in [5.74, 6) is 0. The molecule has 1 unspecified atom stereocenters. The first kappa shape index (κ1) is 21.6. The highest BCUT2D eigenvalue weighted by molar-refractivity contribution is 7.90. The molecule has 0 spiro atoms. The summed E-state index contributed by atoms with van der Waals surface area (Å²) in [5.41, 5.74) is 0.256.